The minimum atomic E-state index is -1.76. The molecule has 0 heterocycles. The number of aliphatic hydroxyl groups excluding tert-OH is 1. The number of benzene rings is 2. The zero-order valence-electron chi connectivity index (χ0n) is 16.4. The van der Waals surface area contributed by atoms with Crippen LogP contribution in [0.25, 0.3) is 0 Å². The molecule has 1 N–H and O–H groups in total. The second-order valence-electron chi connectivity index (χ2n) is 6.66. The number of allylic oxidation sites excluding steroid dienone is 5. The minimum Gasteiger partial charge on any atom is -0.396 e. The van der Waals surface area contributed by atoms with Gasteiger partial charge in [-0.15, -0.1) is 0 Å². The van der Waals surface area contributed by atoms with E-state index in [1.165, 1.54) is 15.9 Å². The smallest absolute Gasteiger partial charge is 0.112 e. The predicted molar refractivity (Wildman–Crippen MR) is 123 cm³/mol. The molecule has 2 heteroatoms. The van der Waals surface area contributed by atoms with Crippen LogP contribution in [-0.2, 0) is 0 Å². The summed E-state index contributed by atoms with van der Waals surface area (Å²) in [6.45, 7) is 6.52. The molecule has 0 bridgehead atoms. The highest BCUT2D eigenvalue weighted by molar-refractivity contribution is 7.93. The Morgan fingerprint density at radius 3 is 1.93 bits per heavy atom. The third kappa shape index (κ3) is 5.51. The first-order chi connectivity index (χ1) is 13.3. The highest BCUT2D eigenvalue weighted by atomic mass is 31.2. The molecule has 0 atom stereocenters. The van der Waals surface area contributed by atoms with Crippen LogP contribution in [0.2, 0.25) is 0 Å². The zero-order valence-corrected chi connectivity index (χ0v) is 17.3. The lowest BCUT2D eigenvalue weighted by atomic mass is 10.2. The van der Waals surface area contributed by atoms with Gasteiger partial charge in [0.15, 0.2) is 0 Å². The molecule has 0 unspecified atom stereocenters. The second kappa shape index (κ2) is 11.7. The number of rotatable bonds is 11. The molecule has 2 aromatic rings. The van der Waals surface area contributed by atoms with Crippen molar-refractivity contribution in [1.82, 2.24) is 0 Å². The van der Waals surface area contributed by atoms with E-state index in [9.17, 15) is 0 Å². The summed E-state index contributed by atoms with van der Waals surface area (Å²) < 4.78 is 0. The quantitative estimate of drug-likeness (QED) is 0.295. The molecule has 0 fully saturated rings. The van der Waals surface area contributed by atoms with Crippen molar-refractivity contribution in [3.8, 4) is 0 Å². The summed E-state index contributed by atoms with van der Waals surface area (Å²) in [5, 5.41) is 13.2. The lowest BCUT2D eigenvalue weighted by molar-refractivity contribution is 0.283. The Labute approximate surface area is 165 Å². The highest BCUT2D eigenvalue weighted by Crippen LogP contribution is 2.64. The molecule has 0 saturated carbocycles. The first-order valence-corrected chi connectivity index (χ1v) is 11.8. The molecular weight excluding hydrogens is 347 g/mol. The molecule has 0 aliphatic rings. The Kier molecular flexibility index (Phi) is 9.25. The van der Waals surface area contributed by atoms with Gasteiger partial charge in [0.25, 0.3) is 0 Å². The van der Waals surface area contributed by atoms with Gasteiger partial charge in [-0.2, -0.15) is 0 Å². The Balaban J connectivity index is 2.56. The minimum absolute atomic E-state index is 0.288. The van der Waals surface area contributed by atoms with Crippen molar-refractivity contribution in [2.75, 3.05) is 12.8 Å². The lowest BCUT2D eigenvalue weighted by Crippen LogP contribution is -2.26. The predicted octanol–water partition coefficient (Wildman–Crippen LogP) is 5.85. The topological polar surface area (TPSA) is 20.2 Å². The molecule has 2 aromatic carbocycles. The lowest BCUT2D eigenvalue weighted by Gasteiger charge is -2.28. The van der Waals surface area contributed by atoms with Crippen LogP contribution in [-0.4, -0.2) is 17.9 Å². The fraction of sp³-hybridized carbons (Fsp3) is 0.280. The van der Waals surface area contributed by atoms with Crippen molar-refractivity contribution in [3.05, 3.63) is 96.9 Å². The van der Waals surface area contributed by atoms with Gasteiger partial charge < -0.3 is 5.11 Å². The molecule has 0 spiro atoms. The molecule has 27 heavy (non-hydrogen) atoms. The van der Waals surface area contributed by atoms with Crippen molar-refractivity contribution < 1.29 is 5.11 Å². The molecule has 0 aromatic heterocycles. The van der Waals surface area contributed by atoms with E-state index in [0.717, 1.165) is 31.8 Å². The summed E-state index contributed by atoms with van der Waals surface area (Å²) in [6.07, 6.45) is 13.9. The number of hydrogen-bond donors (Lipinski definition) is 1. The van der Waals surface area contributed by atoms with E-state index in [1.54, 1.807) is 0 Å². The van der Waals surface area contributed by atoms with Gasteiger partial charge in [-0.3, -0.25) is 0 Å². The molecule has 142 valence electrons. The molecule has 0 aliphatic heterocycles. The summed E-state index contributed by atoms with van der Waals surface area (Å²) >= 11 is 0. The average molecular weight is 380 g/mol. The van der Waals surface area contributed by atoms with Gasteiger partial charge in [-0.1, -0.05) is 61.5 Å². The Morgan fingerprint density at radius 1 is 0.889 bits per heavy atom. The van der Waals surface area contributed by atoms with Crippen LogP contribution in [0, 0.1) is 0 Å². The van der Waals surface area contributed by atoms with Gasteiger partial charge in [0, 0.05) is 6.61 Å². The Hall–Kier alpha value is -1.95. The summed E-state index contributed by atoms with van der Waals surface area (Å²) in [6, 6.07) is 21.9. The maximum atomic E-state index is 9.08. The van der Waals surface area contributed by atoms with E-state index < -0.39 is 7.26 Å². The Bertz CT molecular complexity index is 692. The molecule has 2 rings (SSSR count). The van der Waals surface area contributed by atoms with E-state index in [2.05, 4.69) is 98.5 Å². The largest absolute Gasteiger partial charge is 0.396 e. The van der Waals surface area contributed by atoms with E-state index >= 15 is 0 Å². The zero-order chi connectivity index (χ0) is 19.4. The fourth-order valence-corrected chi connectivity index (χ4v) is 7.94. The van der Waals surface area contributed by atoms with Gasteiger partial charge >= 0.3 is 0 Å². The fourth-order valence-electron chi connectivity index (χ4n) is 3.56. The first kappa shape index (κ1) is 21.4. The van der Waals surface area contributed by atoms with Gasteiger partial charge in [0.05, 0.1) is 6.16 Å². The SMILES string of the molecule is C=C/C(=C\C=C/C)[P+](CCCCCCO)(c1ccccc1)c1ccccc1. The third-order valence-electron chi connectivity index (χ3n) is 4.90. The average Bonchev–Trinajstić information content (AvgIpc) is 2.73. The van der Waals surface area contributed by atoms with E-state index in [-0.39, 0.29) is 6.61 Å². The van der Waals surface area contributed by atoms with Crippen LogP contribution in [0.4, 0.5) is 0 Å². The van der Waals surface area contributed by atoms with Crippen LogP contribution < -0.4 is 10.6 Å². The number of aliphatic hydroxyl groups is 1. The monoisotopic (exact) mass is 379 g/mol. The van der Waals surface area contributed by atoms with E-state index in [0.29, 0.717) is 0 Å². The van der Waals surface area contributed by atoms with E-state index in [4.69, 9.17) is 5.11 Å². The molecule has 0 aliphatic carbocycles. The van der Waals surface area contributed by atoms with Crippen LogP contribution in [0.15, 0.2) is 96.9 Å². The maximum Gasteiger partial charge on any atom is 0.112 e. The maximum absolute atomic E-state index is 9.08. The normalized spacial score (nSPS) is 12.4. The summed E-state index contributed by atoms with van der Waals surface area (Å²) in [7, 11) is -1.76. The first-order valence-electron chi connectivity index (χ1n) is 9.85. The molecule has 0 saturated heterocycles. The molecule has 0 amide bonds. The van der Waals surface area contributed by atoms with Crippen molar-refractivity contribution in [3.63, 3.8) is 0 Å². The van der Waals surface area contributed by atoms with Crippen LogP contribution in [0.5, 0.6) is 0 Å². The van der Waals surface area contributed by atoms with Crippen LogP contribution >= 0.6 is 7.26 Å². The van der Waals surface area contributed by atoms with Gasteiger partial charge in [0.2, 0.25) is 0 Å². The van der Waals surface area contributed by atoms with Crippen LogP contribution in [0.3, 0.4) is 0 Å². The summed E-state index contributed by atoms with van der Waals surface area (Å²) in [4.78, 5) is 0. The summed E-state index contributed by atoms with van der Waals surface area (Å²) in [5.74, 6) is 0. The van der Waals surface area contributed by atoms with Crippen molar-refractivity contribution in [1.29, 1.82) is 0 Å². The standard InChI is InChI=1S/C25H32OP/c1-3-5-16-23(4-2)27(22-15-7-6-14-21-26,24-17-10-8-11-18-24)25-19-12-9-13-20-25/h3-5,8-13,16-20,26H,2,6-7,14-15,21-22H2,1H3/q+1/b5-3-,23-16+. The second-order valence-corrected chi connectivity index (χ2v) is 10.3. The third-order valence-corrected chi connectivity index (χ3v) is 9.46. The molecular formula is C25H32OP+. The molecule has 1 nitrogen and oxygen atoms in total. The molecule has 0 radical (unpaired) electrons. The number of unbranched alkanes of at least 4 members (excludes halogenated alkanes) is 3. The Morgan fingerprint density at radius 2 is 1.44 bits per heavy atom. The summed E-state index contributed by atoms with van der Waals surface area (Å²) in [5.41, 5.74) is 0. The number of hydrogen-bond acceptors (Lipinski definition) is 1. The van der Waals surface area contributed by atoms with Crippen molar-refractivity contribution >= 4 is 17.9 Å². The highest BCUT2D eigenvalue weighted by Gasteiger charge is 2.45. The van der Waals surface area contributed by atoms with Gasteiger partial charge in [0.1, 0.15) is 23.2 Å². The van der Waals surface area contributed by atoms with Crippen LogP contribution in [0.1, 0.15) is 32.6 Å². The van der Waals surface area contributed by atoms with Gasteiger partial charge in [-0.05, 0) is 62.6 Å². The van der Waals surface area contributed by atoms with Gasteiger partial charge in [-0.25, -0.2) is 0 Å². The van der Waals surface area contributed by atoms with E-state index in [1.807, 2.05) is 0 Å². The van der Waals surface area contributed by atoms with Crippen molar-refractivity contribution in [2.24, 2.45) is 0 Å². The van der Waals surface area contributed by atoms with Crippen molar-refractivity contribution in [2.45, 2.75) is 32.6 Å².